The Labute approximate surface area is 59.6 Å². The van der Waals surface area contributed by atoms with Crippen molar-refractivity contribution >= 4 is 23.2 Å². The molecule has 0 amide bonds. The van der Waals surface area contributed by atoms with Gasteiger partial charge in [-0.3, -0.25) is 0 Å². The molecule has 4 heteroatoms. The van der Waals surface area contributed by atoms with Crippen molar-refractivity contribution in [2.24, 2.45) is 0 Å². The Balaban J connectivity index is 3.89. The lowest BCUT2D eigenvalue weighted by Crippen LogP contribution is -2.28. The number of ether oxygens (including phenoxy) is 1. The first-order valence-corrected chi connectivity index (χ1v) is 2.80. The van der Waals surface area contributed by atoms with Gasteiger partial charge in [-0.2, -0.15) is 0 Å². The lowest BCUT2D eigenvalue weighted by atomic mass is 10.6. The van der Waals surface area contributed by atoms with E-state index in [0.29, 0.717) is 0 Å². The van der Waals surface area contributed by atoms with E-state index in [1.165, 1.54) is 12.0 Å². The molecule has 0 unspecified atom stereocenters. The summed E-state index contributed by atoms with van der Waals surface area (Å²) in [5.74, 6) is -0.463. The number of carbonyl (C=O) groups excluding carboxylic acids is 1. The predicted octanol–water partition coefficient (Wildman–Crippen LogP) is 0.0484. The van der Waals surface area contributed by atoms with Crippen LogP contribution in [0.15, 0.2) is 0 Å². The molecule has 0 spiro atoms. The summed E-state index contributed by atoms with van der Waals surface area (Å²) in [5, 5.41) is 0. The van der Waals surface area contributed by atoms with Gasteiger partial charge in [0.05, 0.1) is 7.11 Å². The zero-order chi connectivity index (χ0) is 7.44. The number of likely N-dealkylation sites (N-methyl/N-ethyl adjacent to an activating group) is 1. The second-order valence-electron chi connectivity index (χ2n) is 1.69. The maximum atomic E-state index is 10.5. The third-order valence-corrected chi connectivity index (χ3v) is 1.30. The molecular formula is C5H9NO2S. The molecule has 0 aromatic heterocycles. The van der Waals surface area contributed by atoms with E-state index in [1.807, 2.05) is 0 Å². The van der Waals surface area contributed by atoms with Gasteiger partial charge in [-0.1, -0.05) is 12.2 Å². The van der Waals surface area contributed by atoms with Gasteiger partial charge in [0, 0.05) is 14.1 Å². The standard InChI is InChI=1S/C5H9NO2S/c1-6(2)4(9)5(7)8-3/h1-3H3. The van der Waals surface area contributed by atoms with E-state index < -0.39 is 5.97 Å². The van der Waals surface area contributed by atoms with Crippen LogP contribution in [0.1, 0.15) is 0 Å². The highest BCUT2D eigenvalue weighted by Crippen LogP contribution is 1.85. The average Bonchev–Trinajstić information content (AvgIpc) is 1.84. The van der Waals surface area contributed by atoms with E-state index in [0.717, 1.165) is 0 Å². The highest BCUT2D eigenvalue weighted by molar-refractivity contribution is 7.81. The van der Waals surface area contributed by atoms with Gasteiger partial charge in [-0.05, 0) is 0 Å². The maximum Gasteiger partial charge on any atom is 0.365 e. The minimum atomic E-state index is -0.463. The molecule has 0 aliphatic carbocycles. The van der Waals surface area contributed by atoms with E-state index >= 15 is 0 Å². The number of nitrogens with zero attached hydrogens (tertiary/aromatic N) is 1. The molecule has 0 saturated heterocycles. The Kier molecular flexibility index (Phi) is 3.16. The van der Waals surface area contributed by atoms with Crippen LogP contribution < -0.4 is 0 Å². The summed E-state index contributed by atoms with van der Waals surface area (Å²) in [6.07, 6.45) is 0. The Morgan fingerprint density at radius 1 is 1.56 bits per heavy atom. The van der Waals surface area contributed by atoms with Crippen LogP contribution >= 0.6 is 12.2 Å². The Hall–Kier alpha value is -0.640. The van der Waals surface area contributed by atoms with Crippen LogP contribution in [0.5, 0.6) is 0 Å². The monoisotopic (exact) mass is 147 g/mol. The predicted molar refractivity (Wildman–Crippen MR) is 38.3 cm³/mol. The molecule has 0 aromatic carbocycles. The third kappa shape index (κ3) is 2.41. The van der Waals surface area contributed by atoms with E-state index in [4.69, 9.17) is 0 Å². The third-order valence-electron chi connectivity index (χ3n) is 0.766. The summed E-state index contributed by atoms with van der Waals surface area (Å²) in [4.78, 5) is 12.3. The average molecular weight is 147 g/mol. The zero-order valence-electron chi connectivity index (χ0n) is 5.67. The molecule has 52 valence electrons. The van der Waals surface area contributed by atoms with Crippen LogP contribution in [-0.2, 0) is 9.53 Å². The van der Waals surface area contributed by atoms with Crippen molar-refractivity contribution in [2.75, 3.05) is 21.2 Å². The minimum absolute atomic E-state index is 0.192. The summed E-state index contributed by atoms with van der Waals surface area (Å²) in [7, 11) is 4.69. The first kappa shape index (κ1) is 8.36. The first-order chi connectivity index (χ1) is 4.09. The number of hydrogen-bond donors (Lipinski definition) is 0. The molecule has 0 N–H and O–H groups in total. The molecule has 0 saturated carbocycles. The maximum absolute atomic E-state index is 10.5. The van der Waals surface area contributed by atoms with E-state index in [-0.39, 0.29) is 4.99 Å². The quantitative estimate of drug-likeness (QED) is 0.357. The summed E-state index contributed by atoms with van der Waals surface area (Å²) < 4.78 is 4.35. The van der Waals surface area contributed by atoms with Crippen molar-refractivity contribution in [3.63, 3.8) is 0 Å². The second-order valence-corrected chi connectivity index (χ2v) is 2.08. The minimum Gasteiger partial charge on any atom is -0.464 e. The molecule has 0 heterocycles. The fourth-order valence-electron chi connectivity index (χ4n) is 0.270. The fraction of sp³-hybridized carbons (Fsp3) is 0.600. The molecule has 0 aliphatic heterocycles. The molecular weight excluding hydrogens is 138 g/mol. The number of thiocarbonyl (C=S) groups is 1. The molecule has 9 heavy (non-hydrogen) atoms. The van der Waals surface area contributed by atoms with Gasteiger partial charge < -0.3 is 9.64 Å². The molecule has 0 bridgehead atoms. The van der Waals surface area contributed by atoms with Crippen LogP contribution in [0.25, 0.3) is 0 Å². The van der Waals surface area contributed by atoms with Gasteiger partial charge in [0.15, 0.2) is 4.99 Å². The lowest BCUT2D eigenvalue weighted by molar-refractivity contribution is -0.133. The van der Waals surface area contributed by atoms with Crippen molar-refractivity contribution in [3.05, 3.63) is 0 Å². The molecule has 0 aromatic rings. The number of hydrogen-bond acceptors (Lipinski definition) is 3. The summed E-state index contributed by atoms with van der Waals surface area (Å²) in [6.45, 7) is 0. The SMILES string of the molecule is COC(=O)C(=S)N(C)C. The highest BCUT2D eigenvalue weighted by Gasteiger charge is 2.09. The second kappa shape index (κ2) is 3.40. The van der Waals surface area contributed by atoms with E-state index in [1.54, 1.807) is 14.1 Å². The Bertz CT molecular complexity index is 133. The molecule has 0 rings (SSSR count). The van der Waals surface area contributed by atoms with Crippen molar-refractivity contribution in [2.45, 2.75) is 0 Å². The first-order valence-electron chi connectivity index (χ1n) is 2.39. The Morgan fingerprint density at radius 2 is 2.00 bits per heavy atom. The van der Waals surface area contributed by atoms with Gasteiger partial charge in [0.2, 0.25) is 0 Å². The van der Waals surface area contributed by atoms with Crippen molar-refractivity contribution < 1.29 is 9.53 Å². The number of esters is 1. The largest absolute Gasteiger partial charge is 0.464 e. The fourth-order valence-corrected chi connectivity index (χ4v) is 0.353. The molecule has 0 fully saturated rings. The number of carbonyl (C=O) groups is 1. The number of rotatable bonds is 0. The van der Waals surface area contributed by atoms with E-state index in [2.05, 4.69) is 17.0 Å². The van der Waals surface area contributed by atoms with Crippen molar-refractivity contribution in [1.82, 2.24) is 4.90 Å². The topological polar surface area (TPSA) is 29.5 Å². The van der Waals surface area contributed by atoms with Crippen molar-refractivity contribution in [1.29, 1.82) is 0 Å². The Morgan fingerprint density at radius 3 is 2.11 bits per heavy atom. The van der Waals surface area contributed by atoms with E-state index in [9.17, 15) is 4.79 Å². The van der Waals surface area contributed by atoms with Gasteiger partial charge in [-0.25, -0.2) is 4.79 Å². The summed E-state index contributed by atoms with van der Waals surface area (Å²) in [6, 6.07) is 0. The van der Waals surface area contributed by atoms with Gasteiger partial charge in [0.25, 0.3) is 0 Å². The summed E-state index contributed by atoms with van der Waals surface area (Å²) >= 11 is 4.65. The van der Waals surface area contributed by atoms with Crippen LogP contribution in [0, 0.1) is 0 Å². The summed E-state index contributed by atoms with van der Waals surface area (Å²) in [5.41, 5.74) is 0. The number of methoxy groups -OCH3 is 1. The molecule has 0 radical (unpaired) electrons. The molecule has 3 nitrogen and oxygen atoms in total. The highest BCUT2D eigenvalue weighted by atomic mass is 32.1. The smallest absolute Gasteiger partial charge is 0.365 e. The zero-order valence-corrected chi connectivity index (χ0v) is 6.49. The molecule has 0 aliphatic rings. The van der Waals surface area contributed by atoms with Crippen LogP contribution in [0.2, 0.25) is 0 Å². The van der Waals surface area contributed by atoms with Crippen LogP contribution in [0.4, 0.5) is 0 Å². The van der Waals surface area contributed by atoms with Crippen LogP contribution in [0.3, 0.4) is 0 Å². The van der Waals surface area contributed by atoms with Gasteiger partial charge in [0.1, 0.15) is 0 Å². The normalized spacial score (nSPS) is 8.33. The van der Waals surface area contributed by atoms with Crippen LogP contribution in [-0.4, -0.2) is 37.1 Å². The molecule has 0 atom stereocenters. The van der Waals surface area contributed by atoms with Gasteiger partial charge >= 0.3 is 5.97 Å². The van der Waals surface area contributed by atoms with Gasteiger partial charge in [-0.15, -0.1) is 0 Å². The van der Waals surface area contributed by atoms with Crippen molar-refractivity contribution in [3.8, 4) is 0 Å². The lowest BCUT2D eigenvalue weighted by Gasteiger charge is -2.09.